The fraction of sp³-hybridized carbons (Fsp3) is 0.125. The molecule has 0 spiro atoms. The second-order valence-electron chi connectivity index (χ2n) is 5.20. The number of carbonyl (C=O) groups is 1. The van der Waals surface area contributed by atoms with Gasteiger partial charge in [-0.15, -0.1) is 5.10 Å². The fourth-order valence-corrected chi connectivity index (χ4v) is 3.29. The number of hydrogen-bond donors (Lipinski definition) is 1. The molecule has 6 nitrogen and oxygen atoms in total. The number of halogens is 2. The maximum atomic E-state index is 12.1. The van der Waals surface area contributed by atoms with Gasteiger partial charge in [-0.2, -0.15) is 4.68 Å². The van der Waals surface area contributed by atoms with E-state index in [-0.39, 0.29) is 11.7 Å². The molecule has 1 aromatic heterocycles. The molecule has 128 valence electrons. The number of benzene rings is 2. The Bertz CT molecular complexity index is 878. The molecule has 1 N–H and O–H groups in total. The first kappa shape index (κ1) is 17.7. The number of nitrogens with one attached hydrogen (secondary N) is 1. The van der Waals surface area contributed by atoms with Gasteiger partial charge in [0.05, 0.1) is 11.4 Å². The topological polar surface area (TPSA) is 72.7 Å². The number of amides is 1. The molecule has 9 heteroatoms. The van der Waals surface area contributed by atoms with Crippen LogP contribution in [0.5, 0.6) is 0 Å². The molecule has 0 saturated heterocycles. The SMILES string of the molecule is Cc1ccc(-n2nnnc2SCC(=O)Nc2cc(Cl)cc(Cl)c2)cc1. The Morgan fingerprint density at radius 3 is 2.52 bits per heavy atom. The Morgan fingerprint density at radius 2 is 1.84 bits per heavy atom. The highest BCUT2D eigenvalue weighted by molar-refractivity contribution is 7.99. The number of anilines is 1. The van der Waals surface area contributed by atoms with E-state index in [2.05, 4.69) is 20.8 Å². The van der Waals surface area contributed by atoms with Crippen LogP contribution in [0.4, 0.5) is 5.69 Å². The molecule has 3 rings (SSSR count). The second-order valence-corrected chi connectivity index (χ2v) is 7.02. The van der Waals surface area contributed by atoms with Crippen LogP contribution in [0.2, 0.25) is 10.0 Å². The summed E-state index contributed by atoms with van der Waals surface area (Å²) in [6.07, 6.45) is 0. The number of hydrogen-bond acceptors (Lipinski definition) is 5. The Balaban J connectivity index is 1.65. The zero-order valence-corrected chi connectivity index (χ0v) is 15.4. The first-order valence-electron chi connectivity index (χ1n) is 7.25. The smallest absolute Gasteiger partial charge is 0.234 e. The number of carbonyl (C=O) groups excluding carboxylic acids is 1. The van der Waals surface area contributed by atoms with Crippen molar-refractivity contribution in [2.24, 2.45) is 0 Å². The van der Waals surface area contributed by atoms with Crippen molar-refractivity contribution in [1.82, 2.24) is 20.2 Å². The van der Waals surface area contributed by atoms with E-state index >= 15 is 0 Å². The van der Waals surface area contributed by atoms with E-state index in [0.717, 1.165) is 11.3 Å². The lowest BCUT2D eigenvalue weighted by molar-refractivity contribution is -0.113. The third-order valence-electron chi connectivity index (χ3n) is 3.20. The van der Waals surface area contributed by atoms with Gasteiger partial charge in [0.25, 0.3) is 0 Å². The zero-order valence-electron chi connectivity index (χ0n) is 13.1. The number of rotatable bonds is 5. The number of aromatic nitrogens is 4. The Kier molecular flexibility index (Phi) is 5.57. The summed E-state index contributed by atoms with van der Waals surface area (Å²) in [4.78, 5) is 12.1. The molecular formula is C16H13Cl2N5OS. The Morgan fingerprint density at radius 1 is 1.16 bits per heavy atom. The van der Waals surface area contributed by atoms with Crippen molar-refractivity contribution in [1.29, 1.82) is 0 Å². The molecule has 0 unspecified atom stereocenters. The number of tetrazole rings is 1. The normalized spacial score (nSPS) is 10.7. The third-order valence-corrected chi connectivity index (χ3v) is 4.55. The van der Waals surface area contributed by atoms with Gasteiger partial charge < -0.3 is 5.32 Å². The van der Waals surface area contributed by atoms with E-state index in [1.54, 1.807) is 22.9 Å². The summed E-state index contributed by atoms with van der Waals surface area (Å²) < 4.78 is 1.59. The van der Waals surface area contributed by atoms with E-state index < -0.39 is 0 Å². The summed E-state index contributed by atoms with van der Waals surface area (Å²) in [6.45, 7) is 2.01. The molecule has 2 aromatic carbocycles. The van der Waals surface area contributed by atoms with Gasteiger partial charge in [-0.05, 0) is 47.7 Å². The number of aryl methyl sites for hydroxylation is 1. The maximum absolute atomic E-state index is 12.1. The van der Waals surface area contributed by atoms with Crippen LogP contribution in [0.25, 0.3) is 5.69 Å². The van der Waals surface area contributed by atoms with Crippen LogP contribution in [0.1, 0.15) is 5.56 Å². The van der Waals surface area contributed by atoms with Crippen LogP contribution >= 0.6 is 35.0 Å². The molecule has 0 radical (unpaired) electrons. The summed E-state index contributed by atoms with van der Waals surface area (Å²) >= 11 is 13.1. The van der Waals surface area contributed by atoms with Gasteiger partial charge in [0.2, 0.25) is 11.1 Å². The molecular weight excluding hydrogens is 381 g/mol. The van der Waals surface area contributed by atoms with E-state index in [9.17, 15) is 4.79 Å². The molecule has 0 aliphatic rings. The zero-order chi connectivity index (χ0) is 17.8. The van der Waals surface area contributed by atoms with Crippen LogP contribution < -0.4 is 5.32 Å². The monoisotopic (exact) mass is 393 g/mol. The maximum Gasteiger partial charge on any atom is 0.234 e. The predicted octanol–water partition coefficient (Wildman–Crippen LogP) is 4.01. The van der Waals surface area contributed by atoms with Gasteiger partial charge in [-0.25, -0.2) is 0 Å². The average Bonchev–Trinajstić information content (AvgIpc) is 3.01. The van der Waals surface area contributed by atoms with E-state index in [0.29, 0.717) is 20.9 Å². The summed E-state index contributed by atoms with van der Waals surface area (Å²) in [5.41, 5.74) is 2.52. The van der Waals surface area contributed by atoms with Gasteiger partial charge >= 0.3 is 0 Å². The van der Waals surface area contributed by atoms with Crippen molar-refractivity contribution in [3.63, 3.8) is 0 Å². The lowest BCUT2D eigenvalue weighted by Crippen LogP contribution is -2.14. The first-order chi connectivity index (χ1) is 12.0. The van der Waals surface area contributed by atoms with Crippen molar-refractivity contribution in [3.8, 4) is 5.69 Å². The van der Waals surface area contributed by atoms with Crippen LogP contribution in [0.15, 0.2) is 47.6 Å². The lowest BCUT2D eigenvalue weighted by atomic mass is 10.2. The van der Waals surface area contributed by atoms with E-state index in [1.807, 2.05) is 31.2 Å². The minimum Gasteiger partial charge on any atom is -0.325 e. The molecule has 0 atom stereocenters. The van der Waals surface area contributed by atoms with Gasteiger partial charge in [-0.3, -0.25) is 4.79 Å². The largest absolute Gasteiger partial charge is 0.325 e. The molecule has 0 aliphatic carbocycles. The van der Waals surface area contributed by atoms with E-state index in [4.69, 9.17) is 23.2 Å². The molecule has 0 fully saturated rings. The van der Waals surface area contributed by atoms with Crippen molar-refractivity contribution in [2.75, 3.05) is 11.1 Å². The summed E-state index contributed by atoms with van der Waals surface area (Å²) in [5, 5.41) is 15.8. The van der Waals surface area contributed by atoms with E-state index in [1.165, 1.54) is 11.8 Å². The number of thioether (sulfide) groups is 1. The Hall–Kier alpha value is -2.09. The highest BCUT2D eigenvalue weighted by Crippen LogP contribution is 2.23. The van der Waals surface area contributed by atoms with Gasteiger partial charge in [0.15, 0.2) is 0 Å². The highest BCUT2D eigenvalue weighted by Gasteiger charge is 2.12. The highest BCUT2D eigenvalue weighted by atomic mass is 35.5. The van der Waals surface area contributed by atoms with Gasteiger partial charge in [0, 0.05) is 15.7 Å². The van der Waals surface area contributed by atoms with Crippen LogP contribution in [-0.4, -0.2) is 31.9 Å². The van der Waals surface area contributed by atoms with Crippen LogP contribution in [0.3, 0.4) is 0 Å². The molecule has 3 aromatic rings. The standard InChI is InChI=1S/C16H13Cl2N5OS/c1-10-2-4-14(5-3-10)23-16(20-21-22-23)25-9-15(24)19-13-7-11(17)6-12(18)8-13/h2-8H,9H2,1H3,(H,19,24). The minimum atomic E-state index is -0.207. The average molecular weight is 394 g/mol. The minimum absolute atomic E-state index is 0.149. The van der Waals surface area contributed by atoms with Crippen LogP contribution in [-0.2, 0) is 4.79 Å². The quantitative estimate of drug-likeness (QED) is 0.662. The molecule has 1 heterocycles. The summed E-state index contributed by atoms with van der Waals surface area (Å²) in [6, 6.07) is 12.7. The summed E-state index contributed by atoms with van der Waals surface area (Å²) in [5.74, 6) is -0.0575. The van der Waals surface area contributed by atoms with Crippen LogP contribution in [0, 0.1) is 6.92 Å². The predicted molar refractivity (Wildman–Crippen MR) is 99.7 cm³/mol. The van der Waals surface area contributed by atoms with Gasteiger partial charge in [0.1, 0.15) is 0 Å². The Labute approximate surface area is 158 Å². The molecule has 0 aliphatic heterocycles. The number of nitrogens with zero attached hydrogens (tertiary/aromatic N) is 4. The second kappa shape index (κ2) is 7.86. The summed E-state index contributed by atoms with van der Waals surface area (Å²) in [7, 11) is 0. The fourth-order valence-electron chi connectivity index (χ4n) is 2.07. The third kappa shape index (κ3) is 4.72. The first-order valence-corrected chi connectivity index (χ1v) is 8.99. The molecule has 0 saturated carbocycles. The molecule has 25 heavy (non-hydrogen) atoms. The van der Waals surface area contributed by atoms with Crippen molar-refractivity contribution < 1.29 is 4.79 Å². The molecule has 0 bridgehead atoms. The molecule has 1 amide bonds. The van der Waals surface area contributed by atoms with Gasteiger partial charge in [-0.1, -0.05) is 52.7 Å². The van der Waals surface area contributed by atoms with Crippen molar-refractivity contribution in [3.05, 3.63) is 58.1 Å². The van der Waals surface area contributed by atoms with Crippen molar-refractivity contribution >= 4 is 46.6 Å². The lowest BCUT2D eigenvalue weighted by Gasteiger charge is -2.07. The van der Waals surface area contributed by atoms with Crippen molar-refractivity contribution in [2.45, 2.75) is 12.1 Å².